The SMILES string of the molecule is CCCCCCCCCCCCN(C)CCCCCCCCCCCC.O=S(=O)(O)O.O=S(=O)([O-])O.[H+]. The molecule has 3 N–H and O–H groups in total. The number of unbranched alkanes of at least 4 members (excludes halogenated alkanes) is 18. The van der Waals surface area contributed by atoms with E-state index in [9.17, 15) is 0 Å². The molecule has 0 aliphatic carbocycles. The molecule has 0 bridgehead atoms. The van der Waals surface area contributed by atoms with E-state index >= 15 is 0 Å². The van der Waals surface area contributed by atoms with Gasteiger partial charge in [0.2, 0.25) is 10.4 Å². The van der Waals surface area contributed by atoms with E-state index in [4.69, 9.17) is 35.0 Å². The van der Waals surface area contributed by atoms with Gasteiger partial charge >= 0.3 is 11.8 Å². The second-order valence-corrected chi connectivity index (χ2v) is 11.3. The highest BCUT2D eigenvalue weighted by atomic mass is 32.3. The predicted molar refractivity (Wildman–Crippen MR) is 149 cm³/mol. The lowest BCUT2D eigenvalue weighted by molar-refractivity contribution is 0.314. The Morgan fingerprint density at radius 3 is 0.889 bits per heavy atom. The van der Waals surface area contributed by atoms with Crippen molar-refractivity contribution in [3.63, 3.8) is 0 Å². The van der Waals surface area contributed by atoms with Gasteiger partial charge in [-0.25, -0.2) is 8.42 Å². The van der Waals surface area contributed by atoms with E-state index in [0.717, 1.165) is 0 Å². The molecule has 0 fully saturated rings. The lowest BCUT2D eigenvalue weighted by Gasteiger charge is -2.16. The summed E-state index contributed by atoms with van der Waals surface area (Å²) in [5, 5.41) is 0. The van der Waals surface area contributed by atoms with Crippen LogP contribution in [0.3, 0.4) is 0 Å². The molecule has 0 spiro atoms. The minimum Gasteiger partial charge on any atom is -0.726 e. The molecule has 0 saturated carbocycles. The zero-order chi connectivity index (χ0) is 28.1. The van der Waals surface area contributed by atoms with Crippen LogP contribution >= 0.6 is 0 Å². The Balaban J connectivity index is -0.000000416. The second-order valence-electron chi connectivity index (χ2n) is 9.54. The molecule has 0 aromatic heterocycles. The number of hydrogen-bond donors (Lipinski definition) is 3. The quantitative estimate of drug-likeness (QED) is 0.0702. The normalized spacial score (nSPS) is 11.6. The van der Waals surface area contributed by atoms with Crippen LogP contribution in [-0.4, -0.2) is 60.1 Å². The lowest BCUT2D eigenvalue weighted by atomic mass is 10.1. The lowest BCUT2D eigenvalue weighted by Crippen LogP contribution is -2.20. The standard InChI is InChI=1S/C25H53N.2H2O4S/c1-4-6-8-10-12-14-16-18-20-22-24-26(3)25-23-21-19-17-15-13-11-9-7-5-2;2*1-5(2,3)4/h4-25H2,1-3H3;2*(H2,1,2,3,4). The largest absolute Gasteiger partial charge is 1.00 e. The first-order valence-electron chi connectivity index (χ1n) is 13.9. The van der Waals surface area contributed by atoms with Gasteiger partial charge in [-0.3, -0.25) is 13.7 Å². The molecular formula is C25H57NO8S2. The molecule has 0 atom stereocenters. The van der Waals surface area contributed by atoms with Crippen molar-refractivity contribution >= 4 is 20.8 Å². The fraction of sp³-hybridized carbons (Fsp3) is 1.00. The predicted octanol–water partition coefficient (Wildman–Crippen LogP) is 7.22. The summed E-state index contributed by atoms with van der Waals surface area (Å²) in [6.07, 6.45) is 28.9. The zero-order valence-corrected chi connectivity index (χ0v) is 24.8. The summed E-state index contributed by atoms with van der Waals surface area (Å²) in [4.78, 5) is 2.56. The van der Waals surface area contributed by atoms with E-state index in [1.165, 1.54) is 142 Å². The maximum atomic E-state index is 8.74. The van der Waals surface area contributed by atoms with Gasteiger partial charge in [0.15, 0.2) is 0 Å². The van der Waals surface area contributed by atoms with Crippen LogP contribution in [0.15, 0.2) is 0 Å². The average molecular weight is 564 g/mol. The third-order valence-corrected chi connectivity index (χ3v) is 5.79. The highest BCUT2D eigenvalue weighted by Gasteiger charge is 1.99. The minimum absolute atomic E-state index is 0. The molecule has 36 heavy (non-hydrogen) atoms. The summed E-state index contributed by atoms with van der Waals surface area (Å²) >= 11 is 0. The van der Waals surface area contributed by atoms with Crippen LogP contribution in [0.2, 0.25) is 0 Å². The zero-order valence-electron chi connectivity index (χ0n) is 24.2. The van der Waals surface area contributed by atoms with Crippen molar-refractivity contribution in [1.29, 1.82) is 0 Å². The first-order chi connectivity index (χ1) is 16.8. The summed E-state index contributed by atoms with van der Waals surface area (Å²) in [7, 11) is -7.26. The van der Waals surface area contributed by atoms with Crippen molar-refractivity contribution in [1.82, 2.24) is 4.90 Å². The maximum absolute atomic E-state index is 8.74. The summed E-state index contributed by atoms with van der Waals surface area (Å²) < 4.78 is 64.4. The van der Waals surface area contributed by atoms with Gasteiger partial charge in [0, 0.05) is 0 Å². The van der Waals surface area contributed by atoms with Gasteiger partial charge in [0.05, 0.1) is 0 Å². The second kappa shape index (κ2) is 29.3. The Hall–Kier alpha value is -0.300. The number of nitrogens with zero attached hydrogens (tertiary/aromatic N) is 1. The summed E-state index contributed by atoms with van der Waals surface area (Å²) in [6.45, 7) is 7.23. The fourth-order valence-electron chi connectivity index (χ4n) is 3.85. The van der Waals surface area contributed by atoms with Gasteiger partial charge in [-0.1, -0.05) is 129 Å². The van der Waals surface area contributed by atoms with E-state index < -0.39 is 20.8 Å². The van der Waals surface area contributed by atoms with Crippen LogP contribution < -0.4 is 0 Å². The first kappa shape index (κ1) is 40.2. The summed E-state index contributed by atoms with van der Waals surface area (Å²) in [5.74, 6) is 0. The van der Waals surface area contributed by atoms with E-state index in [1.807, 2.05) is 0 Å². The van der Waals surface area contributed by atoms with Crippen molar-refractivity contribution in [3.05, 3.63) is 0 Å². The molecule has 0 amide bonds. The van der Waals surface area contributed by atoms with Crippen molar-refractivity contribution in [2.75, 3.05) is 20.1 Å². The third-order valence-electron chi connectivity index (χ3n) is 5.79. The first-order valence-corrected chi connectivity index (χ1v) is 16.6. The Bertz CT molecular complexity index is 565. The van der Waals surface area contributed by atoms with Gasteiger partial charge < -0.3 is 9.45 Å². The van der Waals surface area contributed by atoms with E-state index in [2.05, 4.69) is 25.8 Å². The van der Waals surface area contributed by atoms with Crippen LogP contribution in [0.25, 0.3) is 0 Å². The molecule has 0 aromatic carbocycles. The van der Waals surface area contributed by atoms with Crippen LogP contribution in [0, 0.1) is 0 Å². The highest BCUT2D eigenvalue weighted by molar-refractivity contribution is 7.80. The van der Waals surface area contributed by atoms with Crippen LogP contribution in [0.5, 0.6) is 0 Å². The Morgan fingerprint density at radius 1 is 0.528 bits per heavy atom. The highest BCUT2D eigenvalue weighted by Crippen LogP contribution is 2.12. The molecule has 0 aromatic rings. The average Bonchev–Trinajstić information content (AvgIpc) is 2.74. The number of hydrogen-bond acceptors (Lipinski definition) is 6. The van der Waals surface area contributed by atoms with Gasteiger partial charge in [-0.15, -0.1) is 0 Å². The molecule has 0 heterocycles. The summed E-state index contributed by atoms with van der Waals surface area (Å²) in [6, 6.07) is 0. The fourth-order valence-corrected chi connectivity index (χ4v) is 3.85. The molecule has 0 aliphatic rings. The number of rotatable bonds is 22. The Kier molecular flexibility index (Phi) is 32.7. The van der Waals surface area contributed by atoms with Crippen molar-refractivity contribution in [2.24, 2.45) is 0 Å². The van der Waals surface area contributed by atoms with Crippen molar-refractivity contribution in [3.8, 4) is 0 Å². The molecule has 0 rings (SSSR count). The molecule has 222 valence electrons. The molecule has 11 heteroatoms. The molecule has 0 radical (unpaired) electrons. The molecule has 0 unspecified atom stereocenters. The molecule has 0 aliphatic heterocycles. The smallest absolute Gasteiger partial charge is 0.726 e. The van der Waals surface area contributed by atoms with E-state index in [1.54, 1.807) is 0 Å². The molecule has 0 saturated heterocycles. The van der Waals surface area contributed by atoms with Gasteiger partial charge in [-0.2, -0.15) is 8.42 Å². The van der Waals surface area contributed by atoms with Crippen molar-refractivity contribution in [2.45, 2.75) is 142 Å². The monoisotopic (exact) mass is 563 g/mol. The Labute approximate surface area is 224 Å². The van der Waals surface area contributed by atoms with Crippen LogP contribution in [0.1, 0.15) is 144 Å². The van der Waals surface area contributed by atoms with Gasteiger partial charge in [0.1, 0.15) is 0 Å². The van der Waals surface area contributed by atoms with E-state index in [0.29, 0.717) is 0 Å². The van der Waals surface area contributed by atoms with Crippen molar-refractivity contribution < 1.29 is 36.5 Å². The van der Waals surface area contributed by atoms with Gasteiger partial charge in [0.25, 0.3) is 0 Å². The van der Waals surface area contributed by atoms with E-state index in [-0.39, 0.29) is 1.43 Å². The van der Waals surface area contributed by atoms with Crippen LogP contribution in [0.4, 0.5) is 0 Å². The molecule has 9 nitrogen and oxygen atoms in total. The molecular weight excluding hydrogens is 506 g/mol. The topological polar surface area (TPSA) is 155 Å². The van der Waals surface area contributed by atoms with Crippen LogP contribution in [-0.2, 0) is 20.8 Å². The minimum atomic E-state index is -4.92. The Morgan fingerprint density at radius 2 is 0.694 bits per heavy atom. The summed E-state index contributed by atoms with van der Waals surface area (Å²) in [5.41, 5.74) is 0. The maximum Gasteiger partial charge on any atom is 1.00 e. The third kappa shape index (κ3) is 64.2. The van der Waals surface area contributed by atoms with Gasteiger partial charge in [-0.05, 0) is 33.0 Å².